The summed E-state index contributed by atoms with van der Waals surface area (Å²) in [5, 5.41) is 12.2. The molecule has 1 heterocycles. The Morgan fingerprint density at radius 3 is 2.89 bits per heavy atom. The first kappa shape index (κ1) is 13.7. The molecule has 102 valence electrons. The number of ether oxygens (including phenoxy) is 1. The van der Waals surface area contributed by atoms with E-state index in [1.165, 1.54) is 0 Å². The van der Waals surface area contributed by atoms with E-state index in [4.69, 9.17) is 10.00 Å². The van der Waals surface area contributed by atoms with Gasteiger partial charge in [-0.3, -0.25) is 0 Å². The maximum absolute atomic E-state index is 11.6. The quantitative estimate of drug-likeness (QED) is 0.909. The maximum atomic E-state index is 11.6. The fourth-order valence-corrected chi connectivity index (χ4v) is 3.86. The number of nitrogens with zero attached hydrogens (tertiary/aromatic N) is 1. The summed E-state index contributed by atoms with van der Waals surface area (Å²) in [6.45, 7) is 0. The fraction of sp³-hybridized carbons (Fsp3) is 0.462. The third kappa shape index (κ3) is 3.38. The Balaban J connectivity index is 2.20. The minimum atomic E-state index is -2.96. The van der Waals surface area contributed by atoms with Crippen LogP contribution in [-0.4, -0.2) is 33.1 Å². The summed E-state index contributed by atoms with van der Waals surface area (Å²) in [5.41, 5.74) is 1.12. The second-order valence-corrected chi connectivity index (χ2v) is 6.85. The van der Waals surface area contributed by atoms with Gasteiger partial charge in [-0.05, 0) is 25.0 Å². The minimum Gasteiger partial charge on any atom is -0.497 e. The molecule has 0 saturated carbocycles. The van der Waals surface area contributed by atoms with Gasteiger partial charge in [0.2, 0.25) is 0 Å². The molecular weight excluding hydrogens is 264 g/mol. The van der Waals surface area contributed by atoms with Crippen molar-refractivity contribution in [2.45, 2.75) is 18.9 Å². The second-order valence-electron chi connectivity index (χ2n) is 4.62. The van der Waals surface area contributed by atoms with Crippen molar-refractivity contribution in [2.24, 2.45) is 0 Å². The standard InChI is InChI=1S/C13H16N2O3S/c1-18-12-5-4-10(8-14)13(7-12)15-11-3-2-6-19(16,17)9-11/h4-5,7,11,15H,2-3,6,9H2,1H3. The van der Waals surface area contributed by atoms with Gasteiger partial charge >= 0.3 is 0 Å². The van der Waals surface area contributed by atoms with Crippen LogP contribution in [-0.2, 0) is 9.84 Å². The Labute approximate surface area is 113 Å². The minimum absolute atomic E-state index is 0.120. The normalized spacial score (nSPS) is 21.4. The van der Waals surface area contributed by atoms with Crippen molar-refractivity contribution in [3.63, 3.8) is 0 Å². The highest BCUT2D eigenvalue weighted by molar-refractivity contribution is 7.91. The summed E-state index contributed by atoms with van der Waals surface area (Å²) >= 11 is 0. The van der Waals surface area contributed by atoms with Crippen LogP contribution in [0, 0.1) is 11.3 Å². The number of anilines is 1. The van der Waals surface area contributed by atoms with Crippen LogP contribution in [0.1, 0.15) is 18.4 Å². The summed E-state index contributed by atoms with van der Waals surface area (Å²) in [5.74, 6) is 1.02. The van der Waals surface area contributed by atoms with Gasteiger partial charge in [-0.25, -0.2) is 8.42 Å². The lowest BCUT2D eigenvalue weighted by atomic mass is 10.1. The molecule has 5 nitrogen and oxygen atoms in total. The molecule has 1 aromatic rings. The third-order valence-corrected chi connectivity index (χ3v) is 4.99. The van der Waals surface area contributed by atoms with Crippen LogP contribution in [0.25, 0.3) is 0 Å². The molecule has 0 radical (unpaired) electrons. The first-order valence-electron chi connectivity index (χ1n) is 6.09. The van der Waals surface area contributed by atoms with Crippen LogP contribution in [0.5, 0.6) is 5.75 Å². The van der Waals surface area contributed by atoms with E-state index in [9.17, 15) is 8.42 Å². The maximum Gasteiger partial charge on any atom is 0.152 e. The summed E-state index contributed by atoms with van der Waals surface area (Å²) in [4.78, 5) is 0. The monoisotopic (exact) mass is 280 g/mol. The highest BCUT2D eigenvalue weighted by Crippen LogP contribution is 2.24. The lowest BCUT2D eigenvalue weighted by Gasteiger charge is -2.24. The molecule has 19 heavy (non-hydrogen) atoms. The topological polar surface area (TPSA) is 79.2 Å². The lowest BCUT2D eigenvalue weighted by molar-refractivity contribution is 0.415. The Bertz CT molecular complexity index is 605. The van der Waals surface area contributed by atoms with Gasteiger partial charge in [-0.15, -0.1) is 0 Å². The van der Waals surface area contributed by atoms with Gasteiger partial charge in [0.1, 0.15) is 11.8 Å². The van der Waals surface area contributed by atoms with Crippen LogP contribution in [0.2, 0.25) is 0 Å². The molecule has 1 aliphatic heterocycles. The smallest absolute Gasteiger partial charge is 0.152 e. The molecule has 0 amide bonds. The molecule has 6 heteroatoms. The molecule has 1 unspecified atom stereocenters. The Hall–Kier alpha value is -1.74. The highest BCUT2D eigenvalue weighted by atomic mass is 32.2. The van der Waals surface area contributed by atoms with E-state index in [1.807, 2.05) is 0 Å². The number of nitriles is 1. The fourth-order valence-electron chi connectivity index (χ4n) is 2.22. The summed E-state index contributed by atoms with van der Waals surface area (Å²) < 4.78 is 28.3. The van der Waals surface area contributed by atoms with Gasteiger partial charge in [0, 0.05) is 12.1 Å². The van der Waals surface area contributed by atoms with Gasteiger partial charge in [0.05, 0.1) is 29.9 Å². The molecular formula is C13H16N2O3S. The first-order chi connectivity index (χ1) is 9.04. The number of rotatable bonds is 3. The molecule has 0 bridgehead atoms. The second kappa shape index (κ2) is 5.49. The first-order valence-corrected chi connectivity index (χ1v) is 7.91. The zero-order valence-electron chi connectivity index (χ0n) is 10.7. The SMILES string of the molecule is COc1ccc(C#N)c(NC2CCCS(=O)(=O)C2)c1. The molecule has 0 spiro atoms. The van der Waals surface area contributed by atoms with Crippen LogP contribution < -0.4 is 10.1 Å². The van der Waals surface area contributed by atoms with Crippen molar-refractivity contribution in [3.05, 3.63) is 23.8 Å². The molecule has 1 saturated heterocycles. The van der Waals surface area contributed by atoms with E-state index in [1.54, 1.807) is 25.3 Å². The van der Waals surface area contributed by atoms with Crippen molar-refractivity contribution in [1.29, 1.82) is 5.26 Å². The number of hydrogen-bond acceptors (Lipinski definition) is 5. The van der Waals surface area contributed by atoms with Crippen molar-refractivity contribution in [2.75, 3.05) is 23.9 Å². The van der Waals surface area contributed by atoms with E-state index < -0.39 is 9.84 Å². The predicted octanol–water partition coefficient (Wildman–Crippen LogP) is 1.56. The molecule has 1 aromatic carbocycles. The Kier molecular flexibility index (Phi) is 3.96. The van der Waals surface area contributed by atoms with Gasteiger partial charge in [-0.2, -0.15) is 5.26 Å². The van der Waals surface area contributed by atoms with Gasteiger partial charge in [0.15, 0.2) is 9.84 Å². The van der Waals surface area contributed by atoms with Crippen LogP contribution in [0.4, 0.5) is 5.69 Å². The average Bonchev–Trinajstić information content (AvgIpc) is 2.37. The van der Waals surface area contributed by atoms with E-state index in [0.717, 1.165) is 6.42 Å². The Morgan fingerprint density at radius 2 is 2.26 bits per heavy atom. The highest BCUT2D eigenvalue weighted by Gasteiger charge is 2.25. The molecule has 2 rings (SSSR count). The van der Waals surface area contributed by atoms with Crippen LogP contribution in [0.3, 0.4) is 0 Å². The van der Waals surface area contributed by atoms with Crippen molar-refractivity contribution < 1.29 is 13.2 Å². The zero-order chi connectivity index (χ0) is 13.9. The summed E-state index contributed by atoms with van der Waals surface area (Å²) in [6.07, 6.45) is 1.45. The van der Waals surface area contributed by atoms with E-state index >= 15 is 0 Å². The molecule has 1 atom stereocenters. The number of methoxy groups -OCH3 is 1. The predicted molar refractivity (Wildman–Crippen MR) is 73.0 cm³/mol. The van der Waals surface area contributed by atoms with Crippen LogP contribution >= 0.6 is 0 Å². The van der Waals surface area contributed by atoms with E-state index in [-0.39, 0.29) is 17.5 Å². The molecule has 1 fully saturated rings. The Morgan fingerprint density at radius 1 is 1.47 bits per heavy atom. The number of hydrogen-bond donors (Lipinski definition) is 1. The van der Waals surface area contributed by atoms with Gasteiger partial charge in [-0.1, -0.05) is 0 Å². The number of sulfone groups is 1. The van der Waals surface area contributed by atoms with Gasteiger partial charge < -0.3 is 10.1 Å². The summed E-state index contributed by atoms with van der Waals surface area (Å²) in [7, 11) is -1.41. The third-order valence-electron chi connectivity index (χ3n) is 3.17. The van der Waals surface area contributed by atoms with Crippen molar-refractivity contribution in [3.8, 4) is 11.8 Å². The molecule has 0 aliphatic carbocycles. The van der Waals surface area contributed by atoms with Crippen LogP contribution in [0.15, 0.2) is 18.2 Å². The lowest BCUT2D eigenvalue weighted by Crippen LogP contribution is -2.35. The van der Waals surface area contributed by atoms with E-state index in [0.29, 0.717) is 23.4 Å². The largest absolute Gasteiger partial charge is 0.497 e. The molecule has 0 aromatic heterocycles. The summed E-state index contributed by atoms with van der Waals surface area (Å²) in [6, 6.07) is 7.05. The van der Waals surface area contributed by atoms with Crippen molar-refractivity contribution >= 4 is 15.5 Å². The average molecular weight is 280 g/mol. The number of benzene rings is 1. The molecule has 1 aliphatic rings. The number of nitrogens with one attached hydrogen (secondary N) is 1. The van der Waals surface area contributed by atoms with Crippen molar-refractivity contribution in [1.82, 2.24) is 0 Å². The van der Waals surface area contributed by atoms with E-state index in [2.05, 4.69) is 11.4 Å². The van der Waals surface area contributed by atoms with Gasteiger partial charge in [0.25, 0.3) is 0 Å². The zero-order valence-corrected chi connectivity index (χ0v) is 11.5. The molecule has 1 N–H and O–H groups in total.